The molecule has 9 heteroatoms. The van der Waals surface area contributed by atoms with Crippen molar-refractivity contribution in [3.8, 4) is 5.75 Å². The molecule has 0 spiro atoms. The van der Waals surface area contributed by atoms with Gasteiger partial charge in [0, 0.05) is 31.0 Å². The first-order chi connectivity index (χ1) is 13.0. The summed E-state index contributed by atoms with van der Waals surface area (Å²) >= 11 is 9.35. The third-order valence-electron chi connectivity index (χ3n) is 3.95. The molecule has 27 heavy (non-hydrogen) atoms. The normalized spacial score (nSPS) is 10.8. The highest BCUT2D eigenvalue weighted by atomic mass is 79.9. The van der Waals surface area contributed by atoms with Crippen LogP contribution in [0.2, 0.25) is 5.02 Å². The number of hydrogen-bond acceptors (Lipinski definition) is 4. The maximum absolute atomic E-state index is 12.8. The zero-order valence-corrected chi connectivity index (χ0v) is 17.3. The monoisotopic (exact) mass is 451 g/mol. The van der Waals surface area contributed by atoms with E-state index in [0.717, 1.165) is 16.7 Å². The van der Waals surface area contributed by atoms with E-state index in [1.54, 1.807) is 48.5 Å². The highest BCUT2D eigenvalue weighted by Crippen LogP contribution is 2.18. The average molecular weight is 453 g/mol. The first-order valence-electron chi connectivity index (χ1n) is 8.35. The molecule has 1 aromatic carbocycles. The lowest BCUT2D eigenvalue weighted by molar-refractivity contribution is 0.0760. The van der Waals surface area contributed by atoms with Crippen molar-refractivity contribution in [2.75, 3.05) is 7.05 Å². The fourth-order valence-electron chi connectivity index (χ4n) is 2.48. The molecule has 0 radical (unpaired) electrons. The van der Waals surface area contributed by atoms with E-state index in [4.69, 9.17) is 16.3 Å². The van der Waals surface area contributed by atoms with Crippen LogP contribution in [0.5, 0.6) is 5.75 Å². The van der Waals surface area contributed by atoms with Crippen molar-refractivity contribution in [3.63, 3.8) is 0 Å². The van der Waals surface area contributed by atoms with Crippen LogP contribution in [0.1, 0.15) is 23.1 Å². The third kappa shape index (κ3) is 4.70. The number of ether oxygens (including phenoxy) is 1. The number of benzene rings is 1. The molecule has 1 amide bonds. The summed E-state index contributed by atoms with van der Waals surface area (Å²) in [5.74, 6) is 0.487. The Balaban J connectivity index is 1.67. The van der Waals surface area contributed by atoms with Gasteiger partial charge in [0.15, 0.2) is 6.73 Å². The lowest BCUT2D eigenvalue weighted by atomic mass is 10.3. The molecular formula is C18H19BrClN5O2. The Kier molecular flexibility index (Phi) is 6.18. The molecule has 0 aliphatic heterocycles. The van der Waals surface area contributed by atoms with Crippen molar-refractivity contribution in [1.82, 2.24) is 24.5 Å². The molecule has 0 saturated heterocycles. The standard InChI is InChI=1S/C18H19BrClN5O2/c1-3-24-10-15(19)16(22-24)11-23(2)18(26)17-8-9-21-25(17)12-27-14-6-4-13(20)5-7-14/h4-10H,3,11-12H2,1-2H3. The molecule has 3 aromatic rings. The topological polar surface area (TPSA) is 65.2 Å². The molecule has 2 heterocycles. The summed E-state index contributed by atoms with van der Waals surface area (Å²) in [5, 5.41) is 9.27. The lowest BCUT2D eigenvalue weighted by Crippen LogP contribution is -2.29. The highest BCUT2D eigenvalue weighted by Gasteiger charge is 2.19. The van der Waals surface area contributed by atoms with Crippen LogP contribution in [0.15, 0.2) is 47.2 Å². The maximum atomic E-state index is 12.8. The maximum Gasteiger partial charge on any atom is 0.272 e. The molecule has 0 N–H and O–H groups in total. The number of carbonyl (C=O) groups is 1. The average Bonchev–Trinajstić information content (AvgIpc) is 3.27. The molecule has 7 nitrogen and oxygen atoms in total. The Morgan fingerprint density at radius 3 is 2.70 bits per heavy atom. The number of hydrogen-bond donors (Lipinski definition) is 0. The van der Waals surface area contributed by atoms with Gasteiger partial charge in [0.1, 0.15) is 11.4 Å². The van der Waals surface area contributed by atoms with Gasteiger partial charge in [0.25, 0.3) is 5.91 Å². The van der Waals surface area contributed by atoms with E-state index < -0.39 is 0 Å². The summed E-state index contributed by atoms with van der Waals surface area (Å²) in [5.41, 5.74) is 1.24. The smallest absolute Gasteiger partial charge is 0.272 e. The zero-order chi connectivity index (χ0) is 19.4. The minimum atomic E-state index is -0.162. The Bertz CT molecular complexity index is 922. The second-order valence-corrected chi connectivity index (χ2v) is 7.17. The molecule has 0 aliphatic carbocycles. The van der Waals surface area contributed by atoms with Crippen molar-refractivity contribution in [1.29, 1.82) is 0 Å². The number of amides is 1. The Hall–Kier alpha value is -2.32. The van der Waals surface area contributed by atoms with Crippen molar-refractivity contribution in [3.05, 3.63) is 63.6 Å². The minimum absolute atomic E-state index is 0.123. The second-order valence-electron chi connectivity index (χ2n) is 5.88. The van der Waals surface area contributed by atoms with E-state index in [0.29, 0.717) is 23.0 Å². The predicted octanol–water partition coefficient (Wildman–Crippen LogP) is 3.82. The fraction of sp³-hybridized carbons (Fsp3) is 0.278. The van der Waals surface area contributed by atoms with Gasteiger partial charge in [-0.3, -0.25) is 9.48 Å². The molecule has 0 saturated carbocycles. The van der Waals surface area contributed by atoms with Crippen LogP contribution in [0.25, 0.3) is 0 Å². The van der Waals surface area contributed by atoms with Gasteiger partial charge in [0.05, 0.1) is 16.7 Å². The van der Waals surface area contributed by atoms with Crippen LogP contribution in [0.4, 0.5) is 0 Å². The van der Waals surface area contributed by atoms with E-state index in [-0.39, 0.29) is 12.6 Å². The van der Waals surface area contributed by atoms with Gasteiger partial charge in [-0.1, -0.05) is 11.6 Å². The predicted molar refractivity (Wildman–Crippen MR) is 106 cm³/mol. The van der Waals surface area contributed by atoms with Gasteiger partial charge >= 0.3 is 0 Å². The van der Waals surface area contributed by atoms with E-state index in [2.05, 4.69) is 26.1 Å². The summed E-state index contributed by atoms with van der Waals surface area (Å²) in [7, 11) is 1.73. The molecule has 0 aliphatic rings. The number of rotatable bonds is 7. The van der Waals surface area contributed by atoms with Crippen molar-refractivity contribution >= 4 is 33.4 Å². The van der Waals surface area contributed by atoms with Crippen LogP contribution >= 0.6 is 27.5 Å². The second kappa shape index (κ2) is 8.58. The largest absolute Gasteiger partial charge is 0.471 e. The summed E-state index contributed by atoms with van der Waals surface area (Å²) in [4.78, 5) is 14.4. The van der Waals surface area contributed by atoms with Crippen LogP contribution in [0.3, 0.4) is 0 Å². The van der Waals surface area contributed by atoms with Crippen LogP contribution in [-0.4, -0.2) is 37.4 Å². The van der Waals surface area contributed by atoms with E-state index in [1.165, 1.54) is 4.68 Å². The molecule has 0 bridgehead atoms. The first-order valence-corrected chi connectivity index (χ1v) is 9.52. The number of carbonyl (C=O) groups excluding carboxylic acids is 1. The van der Waals surface area contributed by atoms with Gasteiger partial charge < -0.3 is 9.64 Å². The van der Waals surface area contributed by atoms with E-state index in [9.17, 15) is 4.79 Å². The number of nitrogens with zero attached hydrogens (tertiary/aromatic N) is 5. The SMILES string of the molecule is CCn1cc(Br)c(CN(C)C(=O)c2ccnn2COc2ccc(Cl)cc2)n1. The molecule has 3 rings (SSSR count). The van der Waals surface area contributed by atoms with Gasteiger partial charge in [-0.2, -0.15) is 10.2 Å². The van der Waals surface area contributed by atoms with Crippen molar-refractivity contribution in [2.45, 2.75) is 26.7 Å². The van der Waals surface area contributed by atoms with E-state index in [1.807, 2.05) is 17.8 Å². The number of halogens is 2. The first kappa shape index (κ1) is 19.4. The van der Waals surface area contributed by atoms with Crippen LogP contribution < -0.4 is 4.74 Å². The van der Waals surface area contributed by atoms with E-state index >= 15 is 0 Å². The molecule has 2 aromatic heterocycles. The van der Waals surface area contributed by atoms with Gasteiger partial charge in [0.2, 0.25) is 0 Å². The highest BCUT2D eigenvalue weighted by molar-refractivity contribution is 9.10. The minimum Gasteiger partial charge on any atom is -0.471 e. The quantitative estimate of drug-likeness (QED) is 0.546. The van der Waals surface area contributed by atoms with Crippen molar-refractivity contribution in [2.24, 2.45) is 0 Å². The Morgan fingerprint density at radius 1 is 1.30 bits per heavy atom. The van der Waals surface area contributed by atoms with Crippen LogP contribution in [-0.2, 0) is 19.8 Å². The fourth-order valence-corrected chi connectivity index (χ4v) is 3.05. The van der Waals surface area contributed by atoms with Gasteiger partial charge in [-0.05, 0) is 53.2 Å². The molecule has 0 fully saturated rings. The molecule has 0 atom stereocenters. The van der Waals surface area contributed by atoms with Gasteiger partial charge in [-0.25, -0.2) is 4.68 Å². The summed E-state index contributed by atoms with van der Waals surface area (Å²) in [6, 6.07) is 8.69. The van der Waals surface area contributed by atoms with Crippen molar-refractivity contribution < 1.29 is 9.53 Å². The van der Waals surface area contributed by atoms with Crippen LogP contribution in [0, 0.1) is 0 Å². The molecule has 142 valence electrons. The zero-order valence-electron chi connectivity index (χ0n) is 15.0. The number of aryl methyl sites for hydroxylation is 1. The molecular weight excluding hydrogens is 434 g/mol. The summed E-state index contributed by atoms with van der Waals surface area (Å²) < 4.78 is 9.90. The summed E-state index contributed by atoms with van der Waals surface area (Å²) in [6.07, 6.45) is 3.48. The summed E-state index contributed by atoms with van der Waals surface area (Å²) in [6.45, 7) is 3.29. The Labute approximate surface area is 170 Å². The molecule has 0 unspecified atom stereocenters. The Morgan fingerprint density at radius 2 is 2.04 bits per heavy atom. The lowest BCUT2D eigenvalue weighted by Gasteiger charge is -2.17. The third-order valence-corrected chi connectivity index (χ3v) is 4.86. The number of aromatic nitrogens is 4. The van der Waals surface area contributed by atoms with Gasteiger partial charge in [-0.15, -0.1) is 0 Å².